The average molecular weight is 262 g/mol. The standard InChI is InChI=1S/C16H26N2O/c1-11(8-12(2)19)18-16(10-17)15-5-3-4-14(9-15)13-6-7-13/h3-5,9,11-13,16,18-19H,6-8,10,17H2,1-2H3. The zero-order valence-electron chi connectivity index (χ0n) is 12.0. The van der Waals surface area contributed by atoms with Crippen LogP contribution in [0, 0.1) is 0 Å². The summed E-state index contributed by atoms with van der Waals surface area (Å²) in [5.74, 6) is 0.772. The monoisotopic (exact) mass is 262 g/mol. The summed E-state index contributed by atoms with van der Waals surface area (Å²) in [5, 5.41) is 12.9. The van der Waals surface area contributed by atoms with Gasteiger partial charge in [-0.2, -0.15) is 0 Å². The van der Waals surface area contributed by atoms with Gasteiger partial charge in [-0.15, -0.1) is 0 Å². The molecule has 3 nitrogen and oxygen atoms in total. The first-order valence-corrected chi connectivity index (χ1v) is 7.34. The van der Waals surface area contributed by atoms with Crippen molar-refractivity contribution >= 4 is 0 Å². The van der Waals surface area contributed by atoms with Crippen molar-refractivity contribution in [1.82, 2.24) is 5.32 Å². The van der Waals surface area contributed by atoms with E-state index < -0.39 is 0 Å². The second-order valence-corrected chi connectivity index (χ2v) is 5.89. The lowest BCUT2D eigenvalue weighted by Crippen LogP contribution is -2.36. The fourth-order valence-corrected chi connectivity index (χ4v) is 2.67. The Morgan fingerprint density at radius 3 is 2.68 bits per heavy atom. The van der Waals surface area contributed by atoms with Crippen LogP contribution in [0.5, 0.6) is 0 Å². The highest BCUT2D eigenvalue weighted by atomic mass is 16.3. The van der Waals surface area contributed by atoms with Crippen molar-refractivity contribution in [3.05, 3.63) is 35.4 Å². The van der Waals surface area contributed by atoms with Crippen molar-refractivity contribution in [3.8, 4) is 0 Å². The number of rotatable bonds is 7. The van der Waals surface area contributed by atoms with Gasteiger partial charge in [0.1, 0.15) is 0 Å². The first-order valence-electron chi connectivity index (χ1n) is 7.34. The summed E-state index contributed by atoms with van der Waals surface area (Å²) in [4.78, 5) is 0. The second kappa shape index (κ2) is 6.51. The Hall–Kier alpha value is -0.900. The van der Waals surface area contributed by atoms with Crippen LogP contribution >= 0.6 is 0 Å². The van der Waals surface area contributed by atoms with Crippen molar-refractivity contribution in [2.75, 3.05) is 6.54 Å². The summed E-state index contributed by atoms with van der Waals surface area (Å²) in [6, 6.07) is 9.22. The Bertz CT molecular complexity index is 401. The quantitative estimate of drug-likeness (QED) is 0.707. The van der Waals surface area contributed by atoms with Gasteiger partial charge in [-0.25, -0.2) is 0 Å². The van der Waals surface area contributed by atoms with Crippen LogP contribution in [0.25, 0.3) is 0 Å². The fraction of sp³-hybridized carbons (Fsp3) is 0.625. The van der Waals surface area contributed by atoms with Gasteiger partial charge >= 0.3 is 0 Å². The molecule has 0 heterocycles. The first kappa shape index (κ1) is 14.5. The largest absolute Gasteiger partial charge is 0.393 e. The van der Waals surface area contributed by atoms with E-state index in [0.717, 1.165) is 12.3 Å². The minimum absolute atomic E-state index is 0.174. The zero-order valence-corrected chi connectivity index (χ0v) is 12.0. The molecule has 0 aromatic heterocycles. The second-order valence-electron chi connectivity index (χ2n) is 5.89. The number of aliphatic hydroxyl groups is 1. The van der Waals surface area contributed by atoms with Crippen molar-refractivity contribution < 1.29 is 5.11 Å². The molecule has 0 amide bonds. The molecule has 1 saturated carbocycles. The molecule has 0 aliphatic heterocycles. The number of benzene rings is 1. The van der Waals surface area contributed by atoms with Gasteiger partial charge in [0.05, 0.1) is 6.10 Å². The van der Waals surface area contributed by atoms with E-state index in [1.54, 1.807) is 0 Å². The molecule has 0 saturated heterocycles. The molecule has 4 N–H and O–H groups in total. The molecule has 1 aliphatic carbocycles. The molecule has 1 fully saturated rings. The van der Waals surface area contributed by atoms with Crippen LogP contribution in [0.3, 0.4) is 0 Å². The first-order chi connectivity index (χ1) is 9.10. The summed E-state index contributed by atoms with van der Waals surface area (Å²) in [6.07, 6.45) is 3.11. The number of hydrogen-bond acceptors (Lipinski definition) is 3. The third kappa shape index (κ3) is 4.30. The van der Waals surface area contributed by atoms with Crippen LogP contribution < -0.4 is 11.1 Å². The fourth-order valence-electron chi connectivity index (χ4n) is 2.67. The maximum Gasteiger partial charge on any atom is 0.0526 e. The predicted molar refractivity (Wildman–Crippen MR) is 79.1 cm³/mol. The topological polar surface area (TPSA) is 58.3 Å². The molecule has 3 heteroatoms. The molecule has 1 aromatic carbocycles. The predicted octanol–water partition coefficient (Wildman–Crippen LogP) is 2.31. The van der Waals surface area contributed by atoms with Crippen LogP contribution in [0.1, 0.15) is 56.2 Å². The molecule has 106 valence electrons. The van der Waals surface area contributed by atoms with Crippen LogP contribution in [-0.4, -0.2) is 23.8 Å². The highest BCUT2D eigenvalue weighted by Crippen LogP contribution is 2.40. The van der Waals surface area contributed by atoms with Gasteiger partial charge in [-0.05, 0) is 50.2 Å². The van der Waals surface area contributed by atoms with Gasteiger partial charge in [0.2, 0.25) is 0 Å². The third-order valence-electron chi connectivity index (χ3n) is 3.78. The van der Waals surface area contributed by atoms with E-state index in [1.165, 1.54) is 24.0 Å². The molecule has 0 bridgehead atoms. The maximum absolute atomic E-state index is 9.43. The van der Waals surface area contributed by atoms with E-state index >= 15 is 0 Å². The van der Waals surface area contributed by atoms with Crippen molar-refractivity contribution in [2.45, 2.75) is 57.2 Å². The molecule has 3 atom stereocenters. The van der Waals surface area contributed by atoms with Crippen LogP contribution in [-0.2, 0) is 0 Å². The third-order valence-corrected chi connectivity index (χ3v) is 3.78. The van der Waals surface area contributed by atoms with Gasteiger partial charge in [-0.1, -0.05) is 24.3 Å². The van der Waals surface area contributed by atoms with E-state index in [4.69, 9.17) is 5.73 Å². The van der Waals surface area contributed by atoms with Crippen LogP contribution in [0.2, 0.25) is 0 Å². The minimum atomic E-state index is -0.279. The van der Waals surface area contributed by atoms with Gasteiger partial charge in [0.25, 0.3) is 0 Å². The Labute approximate surface area is 116 Å². The van der Waals surface area contributed by atoms with E-state index in [-0.39, 0.29) is 18.2 Å². The number of nitrogens with one attached hydrogen (secondary N) is 1. The molecule has 19 heavy (non-hydrogen) atoms. The summed E-state index contributed by atoms with van der Waals surface area (Å²) >= 11 is 0. The average Bonchev–Trinajstić information content (AvgIpc) is 3.19. The summed E-state index contributed by atoms with van der Waals surface area (Å²) < 4.78 is 0. The molecule has 2 rings (SSSR count). The molecule has 1 aromatic rings. The Morgan fingerprint density at radius 1 is 1.37 bits per heavy atom. The number of aliphatic hydroxyl groups excluding tert-OH is 1. The number of nitrogens with two attached hydrogens (primary N) is 1. The smallest absolute Gasteiger partial charge is 0.0526 e. The maximum atomic E-state index is 9.43. The number of hydrogen-bond donors (Lipinski definition) is 3. The summed E-state index contributed by atoms with van der Waals surface area (Å²) in [7, 11) is 0. The van der Waals surface area contributed by atoms with Gasteiger partial charge < -0.3 is 16.2 Å². The normalized spacial score (nSPS) is 20.0. The highest BCUT2D eigenvalue weighted by molar-refractivity contribution is 5.31. The molecule has 3 unspecified atom stereocenters. The van der Waals surface area contributed by atoms with Crippen molar-refractivity contribution in [3.63, 3.8) is 0 Å². The highest BCUT2D eigenvalue weighted by Gasteiger charge is 2.24. The van der Waals surface area contributed by atoms with Gasteiger partial charge in [0.15, 0.2) is 0 Å². The van der Waals surface area contributed by atoms with Gasteiger partial charge in [-0.3, -0.25) is 0 Å². The molecule has 0 spiro atoms. The Kier molecular flexibility index (Phi) is 4.97. The van der Waals surface area contributed by atoms with Gasteiger partial charge in [0, 0.05) is 18.6 Å². The zero-order chi connectivity index (χ0) is 13.8. The molecule has 1 aliphatic rings. The Morgan fingerprint density at radius 2 is 2.11 bits per heavy atom. The minimum Gasteiger partial charge on any atom is -0.393 e. The SMILES string of the molecule is CC(O)CC(C)NC(CN)c1cccc(C2CC2)c1. The molecular formula is C16H26N2O. The summed E-state index contributed by atoms with van der Waals surface area (Å²) in [6.45, 7) is 4.50. The van der Waals surface area contributed by atoms with E-state index in [0.29, 0.717) is 6.54 Å². The molecular weight excluding hydrogens is 236 g/mol. The lowest BCUT2D eigenvalue weighted by Gasteiger charge is -2.24. The van der Waals surface area contributed by atoms with E-state index in [1.807, 2.05) is 6.92 Å². The van der Waals surface area contributed by atoms with Crippen molar-refractivity contribution in [1.29, 1.82) is 0 Å². The van der Waals surface area contributed by atoms with Crippen LogP contribution in [0.15, 0.2) is 24.3 Å². The molecule has 0 radical (unpaired) electrons. The lowest BCUT2D eigenvalue weighted by molar-refractivity contribution is 0.168. The van der Waals surface area contributed by atoms with E-state index in [2.05, 4.69) is 36.5 Å². The van der Waals surface area contributed by atoms with E-state index in [9.17, 15) is 5.11 Å². The van der Waals surface area contributed by atoms with Crippen molar-refractivity contribution in [2.24, 2.45) is 5.73 Å². The lowest BCUT2D eigenvalue weighted by atomic mass is 10.0. The Balaban J connectivity index is 2.01. The van der Waals surface area contributed by atoms with Crippen LogP contribution in [0.4, 0.5) is 0 Å². The summed E-state index contributed by atoms with van der Waals surface area (Å²) in [5.41, 5.74) is 8.61.